The molecule has 4 saturated heterocycles. The first-order valence-corrected chi connectivity index (χ1v) is 17.2. The molecule has 2 aromatic heterocycles. The lowest BCUT2D eigenvalue weighted by Gasteiger charge is -2.47. The molecule has 3 atom stereocenters. The number of piperazine rings is 1. The Bertz CT molecular complexity index is 2090. The van der Waals surface area contributed by atoms with Crippen molar-refractivity contribution in [1.29, 1.82) is 0 Å². The van der Waals surface area contributed by atoms with Crippen LogP contribution in [0.2, 0.25) is 0 Å². The van der Waals surface area contributed by atoms with Crippen LogP contribution in [0.15, 0.2) is 24.3 Å². The maximum Gasteiger partial charge on any atom is 0.573 e. The molecule has 0 unspecified atom stereocenters. The van der Waals surface area contributed by atoms with Crippen molar-refractivity contribution < 1.29 is 40.2 Å². The standard InChI is InChI=1S/C35H34F7N7O2/c36-21-7-6-18-14-19(43)15-20(24(18)29(21)51-35(40,41)42)27-26(37)28-25-22(44-27)4-1-5-23-34(39)11-10-33(38,47-34)16-49(23)30(25)46-31(45-28)50-17-32-8-2-12-48(32)13-3-9-32/h6-7,14-15,23,47H,1-5,8-13,16-17,43H2/t23-,33-,34+/m1/s1. The monoisotopic (exact) mass is 717 g/mol. The largest absolute Gasteiger partial charge is 0.573 e. The summed E-state index contributed by atoms with van der Waals surface area (Å²) in [6.07, 6.45) is -0.800. The third-order valence-corrected chi connectivity index (χ3v) is 11.4. The summed E-state index contributed by atoms with van der Waals surface area (Å²) < 4.78 is 116. The summed E-state index contributed by atoms with van der Waals surface area (Å²) in [5.74, 6) is -7.63. The van der Waals surface area contributed by atoms with Crippen LogP contribution in [-0.4, -0.2) is 75.6 Å². The van der Waals surface area contributed by atoms with Crippen LogP contribution in [0.25, 0.3) is 32.9 Å². The molecule has 5 aliphatic heterocycles. The number of ether oxygens (including phenoxy) is 2. The van der Waals surface area contributed by atoms with Crippen LogP contribution >= 0.6 is 0 Å². The molecule has 7 heterocycles. The molecule has 3 N–H and O–H groups in total. The number of anilines is 2. The number of alkyl halides is 5. The quantitative estimate of drug-likeness (QED) is 0.130. The summed E-state index contributed by atoms with van der Waals surface area (Å²) in [7, 11) is 0. The molecular formula is C35H34F7N7O2. The topological polar surface area (TPSA) is 102 Å². The molecule has 2 bridgehead atoms. The maximum absolute atomic E-state index is 17.2. The average molecular weight is 718 g/mol. The lowest BCUT2D eigenvalue weighted by atomic mass is 9.92. The molecule has 4 fully saturated rings. The first-order chi connectivity index (χ1) is 24.2. The minimum absolute atomic E-state index is 0.0518. The number of nitrogens with one attached hydrogen (secondary N) is 1. The summed E-state index contributed by atoms with van der Waals surface area (Å²) >= 11 is 0. The van der Waals surface area contributed by atoms with E-state index in [1.165, 1.54) is 23.1 Å². The molecule has 270 valence electrons. The van der Waals surface area contributed by atoms with E-state index in [2.05, 4.69) is 24.9 Å². The summed E-state index contributed by atoms with van der Waals surface area (Å²) in [6.45, 7) is 1.79. The highest BCUT2D eigenvalue weighted by Crippen LogP contribution is 2.49. The van der Waals surface area contributed by atoms with Gasteiger partial charge in [0.1, 0.15) is 23.6 Å². The zero-order valence-electron chi connectivity index (χ0n) is 27.4. The molecule has 9 rings (SSSR count). The normalized spacial score (nSPS) is 27.0. The number of fused-ring (bicyclic) bond motifs is 7. The SMILES string of the molecule is Nc1cc(-c2nc3c4c(nc(OCC56CCCN5CCC6)nc4c2F)N2C[C@@]4(F)CC[C@](F)(N4)[C@H]2CCC3)c2c(OC(F)(F)F)c(F)ccc2c1. The van der Waals surface area contributed by atoms with Crippen molar-refractivity contribution >= 4 is 33.2 Å². The van der Waals surface area contributed by atoms with Crippen molar-refractivity contribution in [3.63, 3.8) is 0 Å². The van der Waals surface area contributed by atoms with Gasteiger partial charge in [0.05, 0.1) is 29.2 Å². The molecule has 9 nitrogen and oxygen atoms in total. The fourth-order valence-electron chi connectivity index (χ4n) is 9.27. The Morgan fingerprint density at radius 3 is 2.51 bits per heavy atom. The summed E-state index contributed by atoms with van der Waals surface area (Å²) in [6, 6.07) is 3.49. The second-order valence-corrected chi connectivity index (χ2v) is 14.6. The van der Waals surface area contributed by atoms with Crippen molar-refractivity contribution in [2.45, 2.75) is 87.3 Å². The predicted octanol–water partition coefficient (Wildman–Crippen LogP) is 6.85. The van der Waals surface area contributed by atoms with E-state index in [4.69, 9.17) is 15.5 Å². The van der Waals surface area contributed by atoms with E-state index in [0.717, 1.165) is 44.8 Å². The Labute approximate surface area is 287 Å². The van der Waals surface area contributed by atoms with Crippen molar-refractivity contribution in [1.82, 2.24) is 25.2 Å². The second kappa shape index (κ2) is 11.2. The summed E-state index contributed by atoms with van der Waals surface area (Å²) in [5.41, 5.74) is 5.23. The molecule has 4 aromatic rings. The Balaban J connectivity index is 1.27. The number of aromatic nitrogens is 3. The number of rotatable bonds is 5. The molecule has 51 heavy (non-hydrogen) atoms. The predicted molar refractivity (Wildman–Crippen MR) is 174 cm³/mol. The minimum Gasteiger partial charge on any atom is -0.461 e. The highest BCUT2D eigenvalue weighted by molar-refractivity contribution is 6.04. The number of aryl methyl sites for hydroxylation is 1. The van der Waals surface area contributed by atoms with Crippen LogP contribution in [0.4, 0.5) is 42.2 Å². The molecule has 0 aliphatic carbocycles. The van der Waals surface area contributed by atoms with Crippen LogP contribution in [-0.2, 0) is 6.42 Å². The van der Waals surface area contributed by atoms with E-state index < -0.39 is 52.5 Å². The van der Waals surface area contributed by atoms with Crippen molar-refractivity contribution in [3.8, 4) is 23.0 Å². The van der Waals surface area contributed by atoms with Crippen molar-refractivity contribution in [2.24, 2.45) is 0 Å². The van der Waals surface area contributed by atoms with Gasteiger partial charge in [0, 0.05) is 29.5 Å². The zero-order valence-corrected chi connectivity index (χ0v) is 27.4. The second-order valence-electron chi connectivity index (χ2n) is 14.6. The molecule has 5 aliphatic rings. The maximum atomic E-state index is 17.2. The number of halogens is 7. The molecule has 0 radical (unpaired) electrons. The van der Waals surface area contributed by atoms with E-state index >= 15 is 17.6 Å². The average Bonchev–Trinajstić information content (AvgIpc) is 3.72. The lowest BCUT2D eigenvalue weighted by molar-refractivity contribution is -0.275. The van der Waals surface area contributed by atoms with Gasteiger partial charge >= 0.3 is 12.4 Å². The van der Waals surface area contributed by atoms with Gasteiger partial charge in [-0.2, -0.15) is 9.97 Å². The highest BCUT2D eigenvalue weighted by atomic mass is 19.4. The van der Waals surface area contributed by atoms with Crippen LogP contribution < -0.4 is 25.4 Å². The Kier molecular flexibility index (Phi) is 7.16. The van der Waals surface area contributed by atoms with Crippen LogP contribution in [0.3, 0.4) is 0 Å². The number of hydrogen-bond donors (Lipinski definition) is 2. The van der Waals surface area contributed by atoms with Crippen LogP contribution in [0, 0.1) is 11.6 Å². The third kappa shape index (κ3) is 5.22. The molecule has 2 aromatic carbocycles. The van der Waals surface area contributed by atoms with Gasteiger partial charge < -0.3 is 20.1 Å². The first kappa shape index (κ1) is 32.7. The van der Waals surface area contributed by atoms with Gasteiger partial charge in [-0.05, 0) is 81.6 Å². The number of hydrogen-bond acceptors (Lipinski definition) is 9. The molecule has 16 heteroatoms. The van der Waals surface area contributed by atoms with Crippen LogP contribution in [0.5, 0.6) is 11.8 Å². The van der Waals surface area contributed by atoms with Gasteiger partial charge in [0.15, 0.2) is 29.0 Å². The molecule has 0 amide bonds. The summed E-state index contributed by atoms with van der Waals surface area (Å²) in [5, 5.41) is 2.34. The Hall–Kier alpha value is -4.18. The smallest absolute Gasteiger partial charge is 0.461 e. The molecule has 0 saturated carbocycles. The zero-order chi connectivity index (χ0) is 35.5. The fraction of sp³-hybridized carbons (Fsp3) is 0.514. The van der Waals surface area contributed by atoms with E-state index in [1.54, 1.807) is 0 Å². The Morgan fingerprint density at radius 1 is 0.961 bits per heavy atom. The minimum atomic E-state index is -5.27. The van der Waals surface area contributed by atoms with E-state index in [1.807, 2.05) is 0 Å². The first-order valence-electron chi connectivity index (χ1n) is 17.2. The van der Waals surface area contributed by atoms with Gasteiger partial charge in [0.2, 0.25) is 0 Å². The van der Waals surface area contributed by atoms with Gasteiger partial charge in [-0.25, -0.2) is 27.9 Å². The van der Waals surface area contributed by atoms with Gasteiger partial charge in [-0.15, -0.1) is 13.2 Å². The van der Waals surface area contributed by atoms with E-state index in [0.29, 0.717) is 6.42 Å². The fourth-order valence-corrected chi connectivity index (χ4v) is 9.27. The van der Waals surface area contributed by atoms with Gasteiger partial charge in [0.25, 0.3) is 0 Å². The highest BCUT2D eigenvalue weighted by Gasteiger charge is 2.60. The van der Waals surface area contributed by atoms with E-state index in [-0.39, 0.29) is 89.4 Å². The third-order valence-electron chi connectivity index (χ3n) is 11.4. The number of benzene rings is 2. The lowest BCUT2D eigenvalue weighted by Crippen LogP contribution is -2.68. The summed E-state index contributed by atoms with van der Waals surface area (Å²) in [4.78, 5) is 17.7. The number of nitrogens with zero attached hydrogens (tertiary/aromatic N) is 5. The number of nitrogens with two attached hydrogens (primary N) is 1. The Morgan fingerprint density at radius 2 is 1.75 bits per heavy atom. The van der Waals surface area contributed by atoms with Crippen LogP contribution in [0.1, 0.15) is 57.1 Å². The van der Waals surface area contributed by atoms with Crippen molar-refractivity contribution in [2.75, 3.05) is 36.9 Å². The molecular weight excluding hydrogens is 683 g/mol. The van der Waals surface area contributed by atoms with E-state index in [9.17, 15) is 13.2 Å². The van der Waals surface area contributed by atoms with Gasteiger partial charge in [-0.1, -0.05) is 6.07 Å². The molecule has 0 spiro atoms. The van der Waals surface area contributed by atoms with Crippen molar-refractivity contribution in [3.05, 3.63) is 41.6 Å². The van der Waals surface area contributed by atoms with Gasteiger partial charge in [-0.3, -0.25) is 4.90 Å². The number of nitrogen functional groups attached to an aromatic ring is 1. The number of pyridine rings is 1.